The Kier molecular flexibility index (Phi) is 4.34. The van der Waals surface area contributed by atoms with E-state index < -0.39 is 0 Å². The number of non-ortho nitro benzene ring substituents is 1. The first-order valence-corrected chi connectivity index (χ1v) is 10.8. The van der Waals surface area contributed by atoms with Crippen LogP contribution in [0, 0.1) is 27.4 Å². The van der Waals surface area contributed by atoms with Crippen LogP contribution < -0.4 is 0 Å². The summed E-state index contributed by atoms with van der Waals surface area (Å²) in [5, 5.41) is 10.8. The molecule has 0 aliphatic heterocycles. The van der Waals surface area contributed by atoms with Crippen LogP contribution in [0.1, 0.15) is 67.2 Å². The van der Waals surface area contributed by atoms with Crippen molar-refractivity contribution in [3.8, 4) is 0 Å². The average molecular weight is 389 g/mol. The molecule has 0 aromatic heterocycles. The lowest BCUT2D eigenvalue weighted by Crippen LogP contribution is -2.42. The smallest absolute Gasteiger partial charge is 0.269 e. The summed E-state index contributed by atoms with van der Waals surface area (Å²) in [6, 6.07) is 13.8. The minimum absolute atomic E-state index is 0.0610. The van der Waals surface area contributed by atoms with Crippen molar-refractivity contribution in [2.75, 3.05) is 0 Å². The molecular formula is C25H27NO3. The number of rotatable bonds is 3. The third-order valence-electron chi connectivity index (χ3n) is 8.06. The highest BCUT2D eigenvalue weighted by molar-refractivity contribution is 5.87. The van der Waals surface area contributed by atoms with Gasteiger partial charge in [0.15, 0.2) is 0 Å². The second kappa shape index (κ2) is 6.79. The number of nitro groups is 1. The summed E-state index contributed by atoms with van der Waals surface area (Å²) in [6.07, 6.45) is 7.15. The molecule has 0 unspecified atom stereocenters. The van der Waals surface area contributed by atoms with Crippen molar-refractivity contribution < 1.29 is 9.72 Å². The molecule has 4 atom stereocenters. The maximum absolute atomic E-state index is 12.5. The van der Waals surface area contributed by atoms with E-state index in [2.05, 4.69) is 25.1 Å². The summed E-state index contributed by atoms with van der Waals surface area (Å²) < 4.78 is 0. The zero-order valence-corrected chi connectivity index (χ0v) is 16.9. The molecular weight excluding hydrogens is 362 g/mol. The van der Waals surface area contributed by atoms with Crippen LogP contribution in [-0.4, -0.2) is 10.7 Å². The molecule has 29 heavy (non-hydrogen) atoms. The minimum Gasteiger partial charge on any atom is -0.299 e. The van der Waals surface area contributed by atoms with Gasteiger partial charge in [-0.05, 0) is 78.5 Å². The molecule has 2 aromatic carbocycles. The first kappa shape index (κ1) is 18.5. The van der Waals surface area contributed by atoms with Gasteiger partial charge < -0.3 is 0 Å². The van der Waals surface area contributed by atoms with Crippen LogP contribution in [0.4, 0.5) is 5.69 Å². The van der Waals surface area contributed by atoms with E-state index in [0.717, 1.165) is 44.1 Å². The number of nitrogens with zero attached hydrogens (tertiary/aromatic N) is 1. The van der Waals surface area contributed by atoms with Gasteiger partial charge in [0.2, 0.25) is 0 Å². The zero-order valence-electron chi connectivity index (χ0n) is 16.9. The number of carbonyl (C=O) groups is 1. The van der Waals surface area contributed by atoms with Gasteiger partial charge in [0.1, 0.15) is 5.78 Å². The number of hydrogen-bond acceptors (Lipinski definition) is 3. The van der Waals surface area contributed by atoms with Gasteiger partial charge in [0.05, 0.1) is 4.92 Å². The van der Waals surface area contributed by atoms with Crippen LogP contribution in [0.2, 0.25) is 0 Å². The molecule has 5 rings (SSSR count). The van der Waals surface area contributed by atoms with Crippen LogP contribution in [0.5, 0.6) is 0 Å². The lowest BCUT2D eigenvalue weighted by Gasteiger charge is -2.48. The normalized spacial score (nSPS) is 30.4. The van der Waals surface area contributed by atoms with E-state index in [4.69, 9.17) is 0 Å². The summed E-state index contributed by atoms with van der Waals surface area (Å²) in [4.78, 5) is 23.0. The first-order chi connectivity index (χ1) is 14.0. The summed E-state index contributed by atoms with van der Waals surface area (Å²) in [7, 11) is 0. The summed E-state index contributed by atoms with van der Waals surface area (Å²) in [5.41, 5.74) is 5.43. The van der Waals surface area contributed by atoms with E-state index in [1.807, 2.05) is 12.1 Å². The Morgan fingerprint density at radius 2 is 1.79 bits per heavy atom. The second-order valence-electron chi connectivity index (χ2n) is 9.47. The number of aryl methyl sites for hydroxylation is 1. The Hall–Kier alpha value is -2.49. The molecule has 0 N–H and O–H groups in total. The van der Waals surface area contributed by atoms with Gasteiger partial charge in [0.25, 0.3) is 5.69 Å². The molecule has 4 nitrogen and oxygen atoms in total. The quantitative estimate of drug-likeness (QED) is 0.506. The topological polar surface area (TPSA) is 60.2 Å². The fourth-order valence-corrected chi connectivity index (χ4v) is 6.49. The van der Waals surface area contributed by atoms with Gasteiger partial charge in [-0.2, -0.15) is 0 Å². The molecule has 0 bridgehead atoms. The molecule has 0 spiro atoms. The van der Waals surface area contributed by atoms with Crippen molar-refractivity contribution in [3.05, 3.63) is 74.8 Å². The van der Waals surface area contributed by atoms with Crippen molar-refractivity contribution in [1.29, 1.82) is 0 Å². The molecule has 2 aromatic rings. The number of hydrogen-bond donors (Lipinski definition) is 0. The largest absolute Gasteiger partial charge is 0.299 e. The Bertz CT molecular complexity index is 980. The minimum atomic E-state index is -0.355. The highest BCUT2D eigenvalue weighted by Crippen LogP contribution is 2.59. The fraction of sp³-hybridized carbons (Fsp3) is 0.480. The highest BCUT2D eigenvalue weighted by atomic mass is 16.6. The number of benzene rings is 2. The van der Waals surface area contributed by atoms with E-state index in [-0.39, 0.29) is 16.0 Å². The molecule has 2 saturated carbocycles. The van der Waals surface area contributed by atoms with Crippen molar-refractivity contribution in [3.63, 3.8) is 0 Å². The Morgan fingerprint density at radius 1 is 1.03 bits per heavy atom. The molecule has 3 aliphatic rings. The van der Waals surface area contributed by atoms with E-state index in [1.165, 1.54) is 23.1 Å². The first-order valence-electron chi connectivity index (χ1n) is 10.8. The van der Waals surface area contributed by atoms with Crippen molar-refractivity contribution >= 4 is 11.5 Å². The van der Waals surface area contributed by atoms with Gasteiger partial charge in [-0.3, -0.25) is 14.9 Å². The Labute approximate surface area is 171 Å². The average Bonchev–Trinajstić information content (AvgIpc) is 3.03. The van der Waals surface area contributed by atoms with Gasteiger partial charge >= 0.3 is 0 Å². The number of fused-ring (bicyclic) bond motifs is 5. The SMILES string of the molecule is C[C@@]12CC[C@H]3c4ccc(Cc5ccc([N+](=O)[O-])cc5)cc4CC[C@@H]3[C@@H]1CCC2=O. The fourth-order valence-electron chi connectivity index (χ4n) is 6.49. The number of carbonyl (C=O) groups excluding carboxylic acids is 1. The monoisotopic (exact) mass is 389 g/mol. The summed E-state index contributed by atoms with van der Waals surface area (Å²) in [5.74, 6) is 2.34. The predicted molar refractivity (Wildman–Crippen MR) is 112 cm³/mol. The molecule has 0 saturated heterocycles. The van der Waals surface area contributed by atoms with Gasteiger partial charge in [-0.1, -0.05) is 37.3 Å². The summed E-state index contributed by atoms with van der Waals surface area (Å²) >= 11 is 0. The predicted octanol–water partition coefficient (Wildman–Crippen LogP) is 5.61. The Balaban J connectivity index is 1.37. The third kappa shape index (κ3) is 3.00. The van der Waals surface area contributed by atoms with Crippen LogP contribution in [0.3, 0.4) is 0 Å². The third-order valence-corrected chi connectivity index (χ3v) is 8.06. The van der Waals surface area contributed by atoms with E-state index in [1.54, 1.807) is 12.1 Å². The maximum Gasteiger partial charge on any atom is 0.269 e. The van der Waals surface area contributed by atoms with Crippen LogP contribution in [-0.2, 0) is 17.6 Å². The van der Waals surface area contributed by atoms with E-state index in [0.29, 0.717) is 23.5 Å². The van der Waals surface area contributed by atoms with Crippen LogP contribution in [0.15, 0.2) is 42.5 Å². The lowest BCUT2D eigenvalue weighted by molar-refractivity contribution is -0.384. The standard InChI is InChI=1S/C25H27NO3/c1-25-13-12-21-20-8-4-17(14-16-2-6-19(7-3-16)26(28)29)15-18(20)5-9-22(21)23(25)10-11-24(25)27/h2-4,6-8,15,21-23H,5,9-14H2,1H3/t21-,22-,23-,25+/m0/s1. The molecule has 4 heteroatoms. The Morgan fingerprint density at radius 3 is 2.55 bits per heavy atom. The van der Waals surface area contributed by atoms with Gasteiger partial charge in [0, 0.05) is 24.0 Å². The van der Waals surface area contributed by atoms with E-state index in [9.17, 15) is 14.9 Å². The van der Waals surface area contributed by atoms with Gasteiger partial charge in [-0.15, -0.1) is 0 Å². The molecule has 2 fully saturated rings. The number of Topliss-reactive ketones (excluding diaryl/α,β-unsaturated/α-hetero) is 1. The highest BCUT2D eigenvalue weighted by Gasteiger charge is 2.54. The molecule has 0 heterocycles. The van der Waals surface area contributed by atoms with Crippen LogP contribution >= 0.6 is 0 Å². The van der Waals surface area contributed by atoms with E-state index >= 15 is 0 Å². The maximum atomic E-state index is 12.5. The molecule has 3 aliphatic carbocycles. The van der Waals surface area contributed by atoms with Crippen molar-refractivity contribution in [1.82, 2.24) is 0 Å². The van der Waals surface area contributed by atoms with Crippen molar-refractivity contribution in [2.24, 2.45) is 17.3 Å². The molecule has 0 radical (unpaired) electrons. The lowest BCUT2D eigenvalue weighted by atomic mass is 9.55. The van der Waals surface area contributed by atoms with Crippen LogP contribution in [0.25, 0.3) is 0 Å². The second-order valence-corrected chi connectivity index (χ2v) is 9.47. The number of ketones is 1. The molecule has 150 valence electrons. The van der Waals surface area contributed by atoms with Gasteiger partial charge in [-0.25, -0.2) is 0 Å². The number of nitro benzene ring substituents is 1. The molecule has 0 amide bonds. The zero-order chi connectivity index (χ0) is 20.2. The van der Waals surface area contributed by atoms with Crippen molar-refractivity contribution in [2.45, 2.75) is 57.8 Å². The summed E-state index contributed by atoms with van der Waals surface area (Å²) in [6.45, 7) is 2.23.